The number of aromatic nitrogens is 3. The molecule has 2 unspecified atom stereocenters. The van der Waals surface area contributed by atoms with Gasteiger partial charge in [-0.05, 0) is 36.8 Å². The molecule has 94 valence electrons. The minimum absolute atomic E-state index is 0.269. The predicted octanol–water partition coefficient (Wildman–Crippen LogP) is 2.35. The van der Waals surface area contributed by atoms with Crippen molar-refractivity contribution in [3.8, 4) is 5.69 Å². The molecular formula is C14H17N3O. The maximum Gasteiger partial charge on any atom is 0.101 e. The van der Waals surface area contributed by atoms with Crippen molar-refractivity contribution < 1.29 is 5.11 Å². The molecule has 1 heterocycles. The van der Waals surface area contributed by atoms with Crippen molar-refractivity contribution in [2.45, 2.75) is 25.9 Å². The van der Waals surface area contributed by atoms with Crippen molar-refractivity contribution in [1.29, 1.82) is 0 Å². The van der Waals surface area contributed by atoms with Crippen molar-refractivity contribution >= 4 is 0 Å². The lowest BCUT2D eigenvalue weighted by atomic mass is 9.97. The molecule has 18 heavy (non-hydrogen) atoms. The molecule has 1 aliphatic rings. The summed E-state index contributed by atoms with van der Waals surface area (Å²) in [6, 6.07) is 9.80. The maximum atomic E-state index is 10.4. The first-order chi connectivity index (χ1) is 8.77. The molecule has 0 bridgehead atoms. The summed E-state index contributed by atoms with van der Waals surface area (Å²) >= 11 is 0. The molecule has 2 atom stereocenters. The van der Waals surface area contributed by atoms with E-state index in [1.807, 2.05) is 30.3 Å². The van der Waals surface area contributed by atoms with Gasteiger partial charge in [-0.25, -0.2) is 4.68 Å². The Morgan fingerprint density at radius 1 is 1.28 bits per heavy atom. The summed E-state index contributed by atoms with van der Waals surface area (Å²) < 4.78 is 1.73. The van der Waals surface area contributed by atoms with Crippen LogP contribution in [-0.4, -0.2) is 20.1 Å². The molecule has 1 N–H and O–H groups in total. The maximum absolute atomic E-state index is 10.4. The van der Waals surface area contributed by atoms with E-state index >= 15 is 0 Å². The van der Waals surface area contributed by atoms with Gasteiger partial charge in [0, 0.05) is 0 Å². The van der Waals surface area contributed by atoms with Crippen LogP contribution in [0.5, 0.6) is 0 Å². The van der Waals surface area contributed by atoms with Crippen LogP contribution in [-0.2, 0) is 0 Å². The average molecular weight is 243 g/mol. The Bertz CT molecular complexity index is 519. The predicted molar refractivity (Wildman–Crippen MR) is 68.2 cm³/mol. The second-order valence-electron chi connectivity index (χ2n) is 5.05. The van der Waals surface area contributed by atoms with E-state index in [0.29, 0.717) is 5.92 Å². The van der Waals surface area contributed by atoms with E-state index in [0.717, 1.165) is 11.4 Å². The molecule has 4 nitrogen and oxygen atoms in total. The zero-order valence-corrected chi connectivity index (χ0v) is 10.4. The molecular weight excluding hydrogens is 226 g/mol. The van der Waals surface area contributed by atoms with Gasteiger partial charge in [0.25, 0.3) is 0 Å². The van der Waals surface area contributed by atoms with Crippen molar-refractivity contribution in [2.75, 3.05) is 0 Å². The quantitative estimate of drug-likeness (QED) is 0.896. The number of hydrogen-bond donors (Lipinski definition) is 1. The molecule has 1 aromatic carbocycles. The number of para-hydroxylation sites is 1. The highest BCUT2D eigenvalue weighted by molar-refractivity contribution is 5.32. The summed E-state index contributed by atoms with van der Waals surface area (Å²) in [6.45, 7) is 2.10. The lowest BCUT2D eigenvalue weighted by Crippen LogP contribution is -2.15. The first-order valence-electron chi connectivity index (χ1n) is 6.41. The Morgan fingerprint density at radius 3 is 2.67 bits per heavy atom. The number of rotatable bonds is 4. The van der Waals surface area contributed by atoms with Gasteiger partial charge in [-0.15, -0.1) is 5.10 Å². The van der Waals surface area contributed by atoms with E-state index in [-0.39, 0.29) is 5.92 Å². The molecule has 0 radical (unpaired) electrons. The van der Waals surface area contributed by atoms with E-state index in [1.54, 1.807) is 10.9 Å². The number of aliphatic hydroxyl groups excluding tert-OH is 1. The lowest BCUT2D eigenvalue weighted by Gasteiger charge is -2.18. The van der Waals surface area contributed by atoms with Crippen molar-refractivity contribution in [1.82, 2.24) is 15.0 Å². The fourth-order valence-corrected chi connectivity index (χ4v) is 2.36. The molecule has 0 aliphatic heterocycles. The monoisotopic (exact) mass is 243 g/mol. The normalized spacial score (nSPS) is 18.6. The molecule has 1 aliphatic carbocycles. The van der Waals surface area contributed by atoms with Gasteiger partial charge in [-0.3, -0.25) is 0 Å². The summed E-state index contributed by atoms with van der Waals surface area (Å²) in [5.41, 5.74) is 1.72. The van der Waals surface area contributed by atoms with E-state index in [9.17, 15) is 5.11 Å². The third-order valence-electron chi connectivity index (χ3n) is 3.74. The van der Waals surface area contributed by atoms with Crippen LogP contribution in [0.15, 0.2) is 36.5 Å². The molecule has 0 amide bonds. The first-order valence-corrected chi connectivity index (χ1v) is 6.41. The number of benzene rings is 1. The Morgan fingerprint density at radius 2 is 2.00 bits per heavy atom. The third kappa shape index (κ3) is 2.04. The van der Waals surface area contributed by atoms with Gasteiger partial charge in [0.1, 0.15) is 6.10 Å². The Labute approximate surface area is 106 Å². The minimum Gasteiger partial charge on any atom is -0.386 e. The van der Waals surface area contributed by atoms with Crippen molar-refractivity contribution in [3.63, 3.8) is 0 Å². The Hall–Kier alpha value is -1.68. The topological polar surface area (TPSA) is 50.9 Å². The number of aliphatic hydroxyl groups is 1. The number of hydrogen-bond acceptors (Lipinski definition) is 3. The minimum atomic E-state index is -0.493. The molecule has 1 aromatic heterocycles. The second-order valence-corrected chi connectivity index (χ2v) is 5.05. The molecule has 1 fully saturated rings. The Balaban J connectivity index is 1.91. The standard InChI is InChI=1S/C14H17N3O/c1-10(11-7-8-11)14(18)13-9-15-16-17(13)12-5-3-2-4-6-12/h2-6,9-11,14,18H,7-8H2,1H3. The summed E-state index contributed by atoms with van der Waals surface area (Å²) in [5, 5.41) is 18.4. The van der Waals surface area contributed by atoms with Gasteiger partial charge in [-0.1, -0.05) is 30.3 Å². The van der Waals surface area contributed by atoms with Gasteiger partial charge >= 0.3 is 0 Å². The molecule has 2 aromatic rings. The highest BCUT2D eigenvalue weighted by Crippen LogP contribution is 2.42. The summed E-state index contributed by atoms with van der Waals surface area (Å²) in [6.07, 6.45) is 3.62. The smallest absolute Gasteiger partial charge is 0.101 e. The zero-order valence-electron chi connectivity index (χ0n) is 10.4. The van der Waals surface area contributed by atoms with Gasteiger partial charge in [-0.2, -0.15) is 0 Å². The summed E-state index contributed by atoms with van der Waals surface area (Å²) in [4.78, 5) is 0. The molecule has 0 spiro atoms. The van der Waals surface area contributed by atoms with Crippen LogP contribution in [0.4, 0.5) is 0 Å². The number of nitrogens with zero attached hydrogens (tertiary/aromatic N) is 3. The van der Waals surface area contributed by atoms with E-state index in [1.165, 1.54) is 12.8 Å². The van der Waals surface area contributed by atoms with Gasteiger partial charge in [0.15, 0.2) is 0 Å². The molecule has 0 saturated heterocycles. The highest BCUT2D eigenvalue weighted by Gasteiger charge is 2.34. The zero-order chi connectivity index (χ0) is 12.5. The van der Waals surface area contributed by atoms with Crippen LogP contribution in [0.3, 0.4) is 0 Å². The largest absolute Gasteiger partial charge is 0.386 e. The van der Waals surface area contributed by atoms with E-state index < -0.39 is 6.10 Å². The van der Waals surface area contributed by atoms with Crippen LogP contribution in [0.2, 0.25) is 0 Å². The van der Waals surface area contributed by atoms with E-state index in [2.05, 4.69) is 17.2 Å². The van der Waals surface area contributed by atoms with Crippen LogP contribution in [0.1, 0.15) is 31.6 Å². The fraction of sp³-hybridized carbons (Fsp3) is 0.429. The van der Waals surface area contributed by atoms with Crippen LogP contribution in [0.25, 0.3) is 5.69 Å². The Kier molecular flexibility index (Phi) is 2.88. The third-order valence-corrected chi connectivity index (χ3v) is 3.74. The van der Waals surface area contributed by atoms with Crippen LogP contribution >= 0.6 is 0 Å². The van der Waals surface area contributed by atoms with Crippen LogP contribution < -0.4 is 0 Å². The molecule has 1 saturated carbocycles. The van der Waals surface area contributed by atoms with Gasteiger partial charge in [0.2, 0.25) is 0 Å². The fourth-order valence-electron chi connectivity index (χ4n) is 2.36. The lowest BCUT2D eigenvalue weighted by molar-refractivity contribution is 0.0991. The summed E-state index contributed by atoms with van der Waals surface area (Å²) in [7, 11) is 0. The molecule has 4 heteroatoms. The van der Waals surface area contributed by atoms with Crippen LogP contribution in [0, 0.1) is 11.8 Å². The SMILES string of the molecule is CC(C1CC1)C(O)c1cnnn1-c1ccccc1. The van der Waals surface area contributed by atoms with E-state index in [4.69, 9.17) is 0 Å². The van der Waals surface area contributed by atoms with Crippen molar-refractivity contribution in [2.24, 2.45) is 11.8 Å². The van der Waals surface area contributed by atoms with Gasteiger partial charge < -0.3 is 5.11 Å². The van der Waals surface area contributed by atoms with Gasteiger partial charge in [0.05, 0.1) is 17.6 Å². The van der Waals surface area contributed by atoms with Crippen molar-refractivity contribution in [3.05, 3.63) is 42.2 Å². The highest BCUT2D eigenvalue weighted by atomic mass is 16.3. The summed E-state index contributed by atoms with van der Waals surface area (Å²) in [5.74, 6) is 0.921. The first kappa shape index (κ1) is 11.4. The second kappa shape index (κ2) is 4.53. The molecule has 3 rings (SSSR count). The average Bonchev–Trinajstić information content (AvgIpc) is 3.15.